The van der Waals surface area contributed by atoms with E-state index in [1.165, 1.54) is 30.5 Å². The molecule has 0 aliphatic carbocycles. The van der Waals surface area contributed by atoms with Crippen molar-refractivity contribution in [1.29, 1.82) is 0 Å². The van der Waals surface area contributed by atoms with Gasteiger partial charge in [-0.3, -0.25) is 14.7 Å². The Balaban J connectivity index is 1.35. The number of aryl methyl sites for hydroxylation is 1. The maximum absolute atomic E-state index is 16.8. The average molecular weight is 647 g/mol. The first-order valence-electron chi connectivity index (χ1n) is 16.1. The molecule has 3 atom stereocenters. The van der Waals surface area contributed by atoms with E-state index < -0.39 is 23.3 Å². The number of carbonyl (C=O) groups excluding carboxylic acids is 1. The highest BCUT2D eigenvalue weighted by molar-refractivity contribution is 6.01. The molecule has 246 valence electrons. The molecular weight excluding hydrogens is 609 g/mol. The number of hydrogen-bond acceptors (Lipinski definition) is 8. The van der Waals surface area contributed by atoms with E-state index in [1.807, 2.05) is 18.9 Å². The van der Waals surface area contributed by atoms with E-state index in [0.717, 1.165) is 19.4 Å². The van der Waals surface area contributed by atoms with Gasteiger partial charge < -0.3 is 19.6 Å². The topological polar surface area (TPSA) is 94.9 Å². The van der Waals surface area contributed by atoms with E-state index in [2.05, 4.69) is 21.4 Å². The van der Waals surface area contributed by atoms with Crippen LogP contribution in [-0.2, 0) is 11.2 Å². The summed E-state index contributed by atoms with van der Waals surface area (Å²) in [6, 6.07) is 5.58. The Morgan fingerprint density at radius 3 is 2.85 bits per heavy atom. The first-order valence-corrected chi connectivity index (χ1v) is 16.1. The molecule has 4 aromatic rings. The van der Waals surface area contributed by atoms with Gasteiger partial charge in [0.25, 0.3) is 0 Å². The minimum atomic E-state index is -0.942. The summed E-state index contributed by atoms with van der Waals surface area (Å²) in [4.78, 5) is 31.8. The van der Waals surface area contributed by atoms with Gasteiger partial charge >= 0.3 is 6.01 Å². The van der Waals surface area contributed by atoms with Crippen LogP contribution in [0, 0.1) is 11.6 Å². The number of fused-ring (bicyclic) bond motifs is 3. The highest BCUT2D eigenvalue weighted by atomic mass is 19.1. The van der Waals surface area contributed by atoms with Crippen molar-refractivity contribution in [2.45, 2.75) is 56.8 Å². The van der Waals surface area contributed by atoms with Gasteiger partial charge in [-0.2, -0.15) is 9.97 Å². The Hall–Kier alpha value is -4.45. The van der Waals surface area contributed by atoms with Crippen molar-refractivity contribution in [1.82, 2.24) is 24.8 Å². The average Bonchev–Trinajstić information content (AvgIpc) is 3.78. The lowest BCUT2D eigenvalue weighted by molar-refractivity contribution is -0.125. The summed E-state index contributed by atoms with van der Waals surface area (Å²) in [5.41, 5.74) is -0.00264. The zero-order valence-corrected chi connectivity index (χ0v) is 26.5. The molecule has 12 heteroatoms. The molecule has 3 fully saturated rings. The summed E-state index contributed by atoms with van der Waals surface area (Å²) >= 11 is 0. The van der Waals surface area contributed by atoms with Crippen LogP contribution >= 0.6 is 0 Å². The van der Waals surface area contributed by atoms with Gasteiger partial charge in [0.1, 0.15) is 41.4 Å². The highest BCUT2D eigenvalue weighted by Crippen LogP contribution is 2.42. The van der Waals surface area contributed by atoms with Crippen molar-refractivity contribution in [2.24, 2.45) is 0 Å². The number of pyridine rings is 1. The van der Waals surface area contributed by atoms with Crippen LogP contribution in [0.15, 0.2) is 43.1 Å². The molecule has 2 aromatic heterocycles. The van der Waals surface area contributed by atoms with Crippen LogP contribution in [0.3, 0.4) is 0 Å². The number of halogens is 3. The number of anilines is 1. The molecule has 1 N–H and O–H groups in total. The van der Waals surface area contributed by atoms with Gasteiger partial charge in [0.2, 0.25) is 5.91 Å². The third-order valence-corrected chi connectivity index (χ3v) is 10.2. The number of hydrogen-bond donors (Lipinski definition) is 1. The van der Waals surface area contributed by atoms with Gasteiger partial charge in [0.15, 0.2) is 5.82 Å². The van der Waals surface area contributed by atoms with Gasteiger partial charge in [-0.25, -0.2) is 13.2 Å². The lowest BCUT2D eigenvalue weighted by atomic mass is 9.94. The predicted octanol–water partition coefficient (Wildman–Crippen LogP) is 5.57. The van der Waals surface area contributed by atoms with Gasteiger partial charge in [-0.15, -0.1) is 0 Å². The number of alkyl halides is 1. The summed E-state index contributed by atoms with van der Waals surface area (Å²) in [7, 11) is 1.82. The van der Waals surface area contributed by atoms with E-state index in [-0.39, 0.29) is 47.1 Å². The van der Waals surface area contributed by atoms with Crippen molar-refractivity contribution in [3.05, 3.63) is 60.3 Å². The Morgan fingerprint density at radius 1 is 1.23 bits per heavy atom. The van der Waals surface area contributed by atoms with E-state index in [1.54, 1.807) is 11.0 Å². The third kappa shape index (κ3) is 5.32. The second-order valence-electron chi connectivity index (χ2n) is 12.9. The Kier molecular flexibility index (Phi) is 7.94. The zero-order chi connectivity index (χ0) is 33.0. The third-order valence-electron chi connectivity index (χ3n) is 10.2. The van der Waals surface area contributed by atoms with Crippen molar-refractivity contribution in [3.63, 3.8) is 0 Å². The molecule has 3 aliphatic rings. The van der Waals surface area contributed by atoms with E-state index in [4.69, 9.17) is 9.72 Å². The number of likely N-dealkylation sites (N-methyl/N-ethyl adjacent to an activating group) is 1. The molecular formula is C35H37F3N6O3. The summed E-state index contributed by atoms with van der Waals surface area (Å²) in [6.07, 6.45) is 4.90. The minimum Gasteiger partial charge on any atom is -0.508 e. The largest absolute Gasteiger partial charge is 0.508 e. The molecule has 1 amide bonds. The number of ether oxygens (including phenoxy) is 1. The van der Waals surface area contributed by atoms with E-state index >= 15 is 4.39 Å². The van der Waals surface area contributed by atoms with E-state index in [9.17, 15) is 18.7 Å². The van der Waals surface area contributed by atoms with Crippen molar-refractivity contribution < 1.29 is 27.8 Å². The summed E-state index contributed by atoms with van der Waals surface area (Å²) < 4.78 is 52.5. The number of amides is 1. The molecule has 47 heavy (non-hydrogen) atoms. The number of phenols is 1. The lowest BCUT2D eigenvalue weighted by Gasteiger charge is -2.31. The van der Waals surface area contributed by atoms with Crippen molar-refractivity contribution in [3.8, 4) is 23.0 Å². The van der Waals surface area contributed by atoms with Gasteiger partial charge in [-0.05, 0) is 72.8 Å². The van der Waals surface area contributed by atoms with Gasteiger partial charge in [0.05, 0.1) is 10.9 Å². The number of aromatic nitrogens is 3. The monoisotopic (exact) mass is 646 g/mol. The van der Waals surface area contributed by atoms with Crippen LogP contribution < -0.4 is 9.64 Å². The van der Waals surface area contributed by atoms with Gasteiger partial charge in [-0.1, -0.05) is 19.6 Å². The quantitative estimate of drug-likeness (QED) is 0.249. The van der Waals surface area contributed by atoms with Crippen LogP contribution in [0.5, 0.6) is 11.8 Å². The number of aromatic hydroxyl groups is 1. The Morgan fingerprint density at radius 2 is 2.06 bits per heavy atom. The smallest absolute Gasteiger partial charge is 0.319 e. The number of phenolic OH excluding ortho intramolecular Hbond substituents is 1. The number of carbonyl (C=O) groups is 1. The summed E-state index contributed by atoms with van der Waals surface area (Å²) in [5, 5.41) is 11.9. The fourth-order valence-electron chi connectivity index (χ4n) is 7.78. The van der Waals surface area contributed by atoms with Crippen LogP contribution in [0.4, 0.5) is 19.0 Å². The number of likely N-dealkylation sites (tertiary alicyclic amines) is 1. The second-order valence-corrected chi connectivity index (χ2v) is 12.9. The van der Waals surface area contributed by atoms with E-state index in [0.29, 0.717) is 66.4 Å². The maximum Gasteiger partial charge on any atom is 0.319 e. The molecule has 0 radical (unpaired) electrons. The standard InChI is InChI=1S/C35H37F3N6O3/c1-4-24-27(37)8-7-20-13-23(45)14-25(29(20)24)31-30(38)32-26(16-39-31)33(42(3)22-9-12-43(18-22)28(46)5-2)41-34(40-32)47-19-35-10-6-11-44(35)17-21(36)15-35/h5,7-8,13-14,16,21-22,45H,2,4,6,9-12,15,17-19H2,1,3H3/t21-,22-,35+/m1/s1. The molecule has 2 aromatic carbocycles. The molecule has 0 bridgehead atoms. The SMILES string of the molecule is C=CC(=O)N1CC[C@@H](N(C)c2nc(OC[C@@]34CCCN3C[C@H](F)C4)nc3c(F)c(-c4cc(O)cc5ccc(F)c(CC)c45)ncc23)C1. The molecule has 3 aliphatic heterocycles. The number of nitrogens with zero attached hydrogens (tertiary/aromatic N) is 6. The Bertz CT molecular complexity index is 1910. The first kappa shape index (κ1) is 31.2. The molecule has 5 heterocycles. The second kappa shape index (κ2) is 12.0. The van der Waals surface area contributed by atoms with Crippen LogP contribution in [-0.4, -0.2) is 93.4 Å². The molecule has 0 saturated carbocycles. The molecule has 9 nitrogen and oxygen atoms in total. The molecule has 0 spiro atoms. The van der Waals surface area contributed by atoms with Crippen LogP contribution in [0.25, 0.3) is 32.9 Å². The summed E-state index contributed by atoms with van der Waals surface area (Å²) in [6.45, 7) is 7.67. The normalized spacial score (nSPS) is 22.7. The molecule has 7 rings (SSSR count). The van der Waals surface area contributed by atoms with Gasteiger partial charge in [0, 0.05) is 50.9 Å². The van der Waals surface area contributed by atoms with Crippen molar-refractivity contribution in [2.75, 3.05) is 44.7 Å². The highest BCUT2D eigenvalue weighted by Gasteiger charge is 2.49. The van der Waals surface area contributed by atoms with Crippen LogP contribution in [0.2, 0.25) is 0 Å². The minimum absolute atomic E-state index is 0.0552. The molecule has 0 unspecified atom stereocenters. The fraction of sp³-hybridized carbons (Fsp3) is 0.429. The van der Waals surface area contributed by atoms with Crippen molar-refractivity contribution >= 4 is 33.4 Å². The number of benzene rings is 2. The first-order chi connectivity index (χ1) is 22.6. The maximum atomic E-state index is 16.8. The van der Waals surface area contributed by atoms with Crippen LogP contribution in [0.1, 0.15) is 38.2 Å². The summed E-state index contributed by atoms with van der Waals surface area (Å²) in [5.74, 6) is -1.12. The zero-order valence-electron chi connectivity index (χ0n) is 26.5. The Labute approximate surface area is 270 Å². The predicted molar refractivity (Wildman–Crippen MR) is 173 cm³/mol. The molecule has 3 saturated heterocycles. The number of rotatable bonds is 8. The lowest BCUT2D eigenvalue weighted by Crippen LogP contribution is -2.43. The fourth-order valence-corrected chi connectivity index (χ4v) is 7.78.